The van der Waals surface area contributed by atoms with Gasteiger partial charge in [0.1, 0.15) is 11.5 Å². The molecule has 1 aromatic rings. The highest BCUT2D eigenvalue weighted by atomic mass is 16.3. The molecule has 0 spiro atoms. The molecule has 2 heterocycles. The lowest BCUT2D eigenvalue weighted by Gasteiger charge is -2.33. The van der Waals surface area contributed by atoms with Gasteiger partial charge in [-0.3, -0.25) is 4.90 Å². The Hall–Kier alpha value is -0.800. The molecule has 0 amide bonds. The molecule has 1 aromatic heterocycles. The zero-order chi connectivity index (χ0) is 13.8. The summed E-state index contributed by atoms with van der Waals surface area (Å²) >= 11 is 0. The highest BCUT2D eigenvalue weighted by Crippen LogP contribution is 2.26. The van der Waals surface area contributed by atoms with Gasteiger partial charge in [-0.2, -0.15) is 0 Å². The van der Waals surface area contributed by atoms with Gasteiger partial charge in [-0.15, -0.1) is 0 Å². The zero-order valence-corrected chi connectivity index (χ0v) is 12.8. The molecule has 0 aliphatic carbocycles. The minimum absolute atomic E-state index is 0.829. The summed E-state index contributed by atoms with van der Waals surface area (Å²) in [6.07, 6.45) is 2.67. The fourth-order valence-electron chi connectivity index (χ4n) is 3.03. The van der Waals surface area contributed by atoms with Crippen molar-refractivity contribution in [1.29, 1.82) is 0 Å². The first-order chi connectivity index (χ1) is 9.10. The maximum absolute atomic E-state index is 5.86. The van der Waals surface area contributed by atoms with Crippen LogP contribution in [-0.4, -0.2) is 25.0 Å². The Balaban J connectivity index is 1.87. The Morgan fingerprint density at radius 3 is 2.63 bits per heavy atom. The third kappa shape index (κ3) is 3.83. The van der Waals surface area contributed by atoms with Gasteiger partial charge in [0.2, 0.25) is 0 Å². The van der Waals surface area contributed by atoms with E-state index in [-0.39, 0.29) is 0 Å². The number of aryl methyl sites for hydroxylation is 1. The van der Waals surface area contributed by atoms with Gasteiger partial charge >= 0.3 is 0 Å². The largest absolute Gasteiger partial charge is 0.465 e. The third-order valence-electron chi connectivity index (χ3n) is 4.39. The predicted molar refractivity (Wildman–Crippen MR) is 79.0 cm³/mol. The van der Waals surface area contributed by atoms with Crippen LogP contribution < -0.4 is 5.32 Å². The summed E-state index contributed by atoms with van der Waals surface area (Å²) in [6, 6.07) is 2.21. The molecular weight excluding hydrogens is 236 g/mol. The van der Waals surface area contributed by atoms with E-state index >= 15 is 0 Å². The van der Waals surface area contributed by atoms with Gasteiger partial charge in [0, 0.05) is 12.1 Å². The summed E-state index contributed by atoms with van der Waals surface area (Å²) in [7, 11) is 1.98. The topological polar surface area (TPSA) is 28.4 Å². The lowest BCUT2D eigenvalue weighted by Crippen LogP contribution is -2.34. The van der Waals surface area contributed by atoms with E-state index in [2.05, 4.69) is 37.1 Å². The summed E-state index contributed by atoms with van der Waals surface area (Å²) in [5.41, 5.74) is 1.29. The molecule has 1 aliphatic heterocycles. The normalized spacial score (nSPS) is 18.4. The molecule has 1 N–H and O–H groups in total. The second kappa shape index (κ2) is 6.58. The summed E-state index contributed by atoms with van der Waals surface area (Å²) in [6.45, 7) is 11.0. The Kier molecular flexibility index (Phi) is 5.06. The number of hydrogen-bond acceptors (Lipinski definition) is 3. The maximum Gasteiger partial charge on any atom is 0.118 e. The Bertz CT molecular complexity index is 389. The van der Waals surface area contributed by atoms with Crippen molar-refractivity contribution >= 4 is 0 Å². The quantitative estimate of drug-likeness (QED) is 0.885. The van der Waals surface area contributed by atoms with Crippen molar-refractivity contribution in [1.82, 2.24) is 10.2 Å². The number of rotatable bonds is 5. The van der Waals surface area contributed by atoms with E-state index in [1.54, 1.807) is 0 Å². The van der Waals surface area contributed by atoms with Crippen molar-refractivity contribution in [3.8, 4) is 0 Å². The molecule has 2 rings (SSSR count). The van der Waals surface area contributed by atoms with E-state index in [1.807, 2.05) is 7.05 Å². The van der Waals surface area contributed by atoms with Crippen LogP contribution in [0.1, 0.15) is 43.8 Å². The Morgan fingerprint density at radius 1 is 1.37 bits per heavy atom. The van der Waals surface area contributed by atoms with E-state index in [9.17, 15) is 0 Å². The van der Waals surface area contributed by atoms with E-state index in [4.69, 9.17) is 4.42 Å². The molecule has 0 radical (unpaired) electrons. The highest BCUT2D eigenvalue weighted by Gasteiger charge is 2.22. The van der Waals surface area contributed by atoms with Gasteiger partial charge in [0.15, 0.2) is 0 Å². The molecule has 0 saturated carbocycles. The summed E-state index contributed by atoms with van der Waals surface area (Å²) in [5, 5.41) is 3.19. The van der Waals surface area contributed by atoms with Crippen LogP contribution in [0.4, 0.5) is 0 Å². The van der Waals surface area contributed by atoms with Gasteiger partial charge in [-0.1, -0.05) is 13.8 Å². The lowest BCUT2D eigenvalue weighted by atomic mass is 9.87. The Labute approximate surface area is 117 Å². The molecule has 1 fully saturated rings. The van der Waals surface area contributed by atoms with Crippen LogP contribution in [0.2, 0.25) is 0 Å². The van der Waals surface area contributed by atoms with Crippen LogP contribution in [0.25, 0.3) is 0 Å². The number of piperidine rings is 1. The van der Waals surface area contributed by atoms with E-state index in [0.29, 0.717) is 0 Å². The molecule has 0 atom stereocenters. The summed E-state index contributed by atoms with van der Waals surface area (Å²) in [5.74, 6) is 3.91. The highest BCUT2D eigenvalue weighted by molar-refractivity contribution is 5.20. The van der Waals surface area contributed by atoms with Crippen LogP contribution in [0.5, 0.6) is 0 Å². The van der Waals surface area contributed by atoms with Gasteiger partial charge in [-0.05, 0) is 57.8 Å². The van der Waals surface area contributed by atoms with Crippen LogP contribution in [-0.2, 0) is 13.1 Å². The smallest absolute Gasteiger partial charge is 0.118 e. The van der Waals surface area contributed by atoms with E-state index < -0.39 is 0 Å². The lowest BCUT2D eigenvalue weighted by molar-refractivity contribution is 0.143. The molecule has 1 saturated heterocycles. The number of nitrogens with zero attached hydrogens (tertiary/aromatic N) is 1. The van der Waals surface area contributed by atoms with Gasteiger partial charge in [0.25, 0.3) is 0 Å². The summed E-state index contributed by atoms with van der Waals surface area (Å²) in [4.78, 5) is 2.53. The third-order valence-corrected chi connectivity index (χ3v) is 4.39. The number of furan rings is 1. The maximum atomic E-state index is 5.86. The van der Waals surface area contributed by atoms with Crippen LogP contribution >= 0.6 is 0 Å². The van der Waals surface area contributed by atoms with E-state index in [1.165, 1.54) is 31.5 Å². The van der Waals surface area contributed by atoms with Crippen molar-refractivity contribution in [2.75, 3.05) is 20.1 Å². The molecule has 0 aromatic carbocycles. The van der Waals surface area contributed by atoms with Crippen LogP contribution in [0, 0.1) is 18.8 Å². The fraction of sp³-hybridized carbons (Fsp3) is 0.750. The minimum atomic E-state index is 0.829. The molecule has 3 nitrogen and oxygen atoms in total. The first-order valence-electron chi connectivity index (χ1n) is 7.55. The van der Waals surface area contributed by atoms with Crippen LogP contribution in [0.15, 0.2) is 10.5 Å². The molecular formula is C16H28N2O. The van der Waals surface area contributed by atoms with Gasteiger partial charge in [-0.25, -0.2) is 0 Å². The molecule has 0 bridgehead atoms. The van der Waals surface area contributed by atoms with Gasteiger partial charge in [0.05, 0.1) is 6.54 Å². The summed E-state index contributed by atoms with van der Waals surface area (Å²) < 4.78 is 5.86. The molecule has 19 heavy (non-hydrogen) atoms. The van der Waals surface area contributed by atoms with Crippen molar-refractivity contribution in [3.05, 3.63) is 23.2 Å². The van der Waals surface area contributed by atoms with Crippen molar-refractivity contribution < 1.29 is 4.42 Å². The second-order valence-electron chi connectivity index (χ2n) is 6.18. The predicted octanol–water partition coefficient (Wildman–Crippen LogP) is 3.18. The molecule has 3 heteroatoms. The minimum Gasteiger partial charge on any atom is -0.465 e. The van der Waals surface area contributed by atoms with E-state index in [0.717, 1.165) is 36.4 Å². The Morgan fingerprint density at radius 2 is 2.05 bits per heavy atom. The first-order valence-corrected chi connectivity index (χ1v) is 7.55. The number of hydrogen-bond donors (Lipinski definition) is 1. The van der Waals surface area contributed by atoms with Crippen molar-refractivity contribution in [2.24, 2.45) is 11.8 Å². The standard InChI is InChI=1S/C16H28N2O/c1-12(2)14-5-7-18(8-6-14)11-16-9-15(10-17-4)13(3)19-16/h9,12,14,17H,5-8,10-11H2,1-4H3. The first kappa shape index (κ1) is 14.6. The average molecular weight is 264 g/mol. The molecule has 108 valence electrons. The number of nitrogens with one attached hydrogen (secondary N) is 1. The van der Waals surface area contributed by atoms with Crippen molar-refractivity contribution in [3.63, 3.8) is 0 Å². The average Bonchev–Trinajstić information content (AvgIpc) is 2.71. The molecule has 1 aliphatic rings. The van der Waals surface area contributed by atoms with Gasteiger partial charge < -0.3 is 9.73 Å². The van der Waals surface area contributed by atoms with Crippen LogP contribution in [0.3, 0.4) is 0 Å². The van der Waals surface area contributed by atoms with Crippen molar-refractivity contribution in [2.45, 2.75) is 46.7 Å². The SMILES string of the molecule is CNCc1cc(CN2CCC(C(C)C)CC2)oc1C. The fourth-order valence-corrected chi connectivity index (χ4v) is 3.03. The number of likely N-dealkylation sites (tertiary alicyclic amines) is 1. The zero-order valence-electron chi connectivity index (χ0n) is 12.8. The molecule has 0 unspecified atom stereocenters. The second-order valence-corrected chi connectivity index (χ2v) is 6.18. The monoisotopic (exact) mass is 264 g/mol.